The molecule has 4 atom stereocenters. The zero-order valence-corrected chi connectivity index (χ0v) is 11.7. The molecule has 0 saturated heterocycles. The fourth-order valence-corrected chi connectivity index (χ4v) is 3.27. The Morgan fingerprint density at radius 3 is 2.53 bits per heavy atom. The summed E-state index contributed by atoms with van der Waals surface area (Å²) >= 11 is 0. The molecule has 0 aromatic rings. The minimum atomic E-state index is -0.883. The zero-order chi connectivity index (χ0) is 14.0. The predicted molar refractivity (Wildman–Crippen MR) is 71.8 cm³/mol. The fraction of sp³-hybridized carbons (Fsp3) is 0.857. The third kappa shape index (κ3) is 3.01. The Hall–Kier alpha value is -1.26. The maximum atomic E-state index is 11.8. The number of carboxylic acids is 1. The van der Waals surface area contributed by atoms with Gasteiger partial charge in [0.1, 0.15) is 0 Å². The number of carbonyl (C=O) groups is 2. The summed E-state index contributed by atoms with van der Waals surface area (Å²) < 4.78 is 0. The molecule has 0 radical (unpaired) electrons. The smallest absolute Gasteiger partial charge is 0.315 e. The molecular weight excluding hydrogens is 244 g/mol. The second-order valence-electron chi connectivity index (χ2n) is 6.33. The van der Waals surface area contributed by atoms with E-state index in [1.54, 1.807) is 6.92 Å². The highest BCUT2D eigenvalue weighted by atomic mass is 16.4. The number of aliphatic carboxylic acids is 1. The summed E-state index contributed by atoms with van der Waals surface area (Å²) in [6.07, 6.45) is 5.35. The lowest BCUT2D eigenvalue weighted by molar-refractivity contribution is -0.147. The van der Waals surface area contributed by atoms with Crippen molar-refractivity contribution in [3.05, 3.63) is 0 Å². The highest BCUT2D eigenvalue weighted by Gasteiger charge is 2.40. The van der Waals surface area contributed by atoms with E-state index in [4.69, 9.17) is 5.11 Å². The molecule has 0 aromatic heterocycles. The standard InChI is InChI=1S/C14H24N2O3/c1-3-14(2,12(17)18)8-15-13(19)16-11-7-9-4-5-10(11)6-9/h9-11H,3-8H2,1-2H3,(H,17,18)(H2,15,16,19). The Morgan fingerprint density at radius 1 is 1.32 bits per heavy atom. The molecule has 2 aliphatic carbocycles. The number of carboxylic acid groups (broad SMARTS) is 1. The van der Waals surface area contributed by atoms with Gasteiger partial charge in [-0.15, -0.1) is 0 Å². The molecule has 2 amide bonds. The lowest BCUT2D eigenvalue weighted by Gasteiger charge is -2.26. The Bertz CT molecular complexity index is 372. The molecule has 0 spiro atoms. The van der Waals surface area contributed by atoms with Gasteiger partial charge in [-0.05, 0) is 44.4 Å². The van der Waals surface area contributed by atoms with Gasteiger partial charge < -0.3 is 15.7 Å². The van der Waals surface area contributed by atoms with Crippen LogP contribution >= 0.6 is 0 Å². The van der Waals surface area contributed by atoms with Crippen LogP contribution in [0.3, 0.4) is 0 Å². The van der Waals surface area contributed by atoms with Crippen LogP contribution < -0.4 is 10.6 Å². The molecule has 0 aromatic carbocycles. The first kappa shape index (κ1) is 14.2. The van der Waals surface area contributed by atoms with Crippen molar-refractivity contribution in [3.8, 4) is 0 Å². The van der Waals surface area contributed by atoms with Crippen molar-refractivity contribution in [1.29, 1.82) is 0 Å². The number of hydrogen-bond acceptors (Lipinski definition) is 2. The molecule has 3 N–H and O–H groups in total. The molecule has 5 heteroatoms. The van der Waals surface area contributed by atoms with E-state index < -0.39 is 11.4 Å². The Balaban J connectivity index is 1.77. The molecule has 2 bridgehead atoms. The fourth-order valence-electron chi connectivity index (χ4n) is 3.27. The van der Waals surface area contributed by atoms with Crippen molar-refractivity contribution in [2.45, 2.75) is 52.0 Å². The zero-order valence-electron chi connectivity index (χ0n) is 11.7. The van der Waals surface area contributed by atoms with E-state index in [1.165, 1.54) is 19.3 Å². The molecule has 2 saturated carbocycles. The number of rotatable bonds is 5. The summed E-state index contributed by atoms with van der Waals surface area (Å²) in [4.78, 5) is 23.0. The van der Waals surface area contributed by atoms with Crippen LogP contribution in [-0.2, 0) is 4.79 Å². The molecule has 2 rings (SSSR count). The molecule has 2 aliphatic rings. The van der Waals surface area contributed by atoms with Crippen LogP contribution in [0.2, 0.25) is 0 Å². The van der Waals surface area contributed by atoms with Crippen molar-refractivity contribution in [2.75, 3.05) is 6.54 Å². The summed E-state index contributed by atoms with van der Waals surface area (Å²) in [6, 6.07) is 0.0648. The van der Waals surface area contributed by atoms with E-state index >= 15 is 0 Å². The van der Waals surface area contributed by atoms with Gasteiger partial charge in [0.2, 0.25) is 0 Å². The van der Waals surface area contributed by atoms with Crippen molar-refractivity contribution in [2.24, 2.45) is 17.3 Å². The maximum absolute atomic E-state index is 11.8. The van der Waals surface area contributed by atoms with Gasteiger partial charge in [-0.1, -0.05) is 13.3 Å². The van der Waals surface area contributed by atoms with Gasteiger partial charge in [-0.3, -0.25) is 4.79 Å². The molecular formula is C14H24N2O3. The van der Waals surface area contributed by atoms with Gasteiger partial charge in [0.15, 0.2) is 0 Å². The first-order valence-electron chi connectivity index (χ1n) is 7.22. The van der Waals surface area contributed by atoms with Crippen molar-refractivity contribution in [1.82, 2.24) is 10.6 Å². The van der Waals surface area contributed by atoms with Crippen molar-refractivity contribution < 1.29 is 14.7 Å². The van der Waals surface area contributed by atoms with Crippen LogP contribution in [0, 0.1) is 17.3 Å². The summed E-state index contributed by atoms with van der Waals surface area (Å²) in [7, 11) is 0. The van der Waals surface area contributed by atoms with Crippen LogP contribution in [-0.4, -0.2) is 29.7 Å². The molecule has 19 heavy (non-hydrogen) atoms. The normalized spacial score (nSPS) is 31.8. The Kier molecular flexibility index (Phi) is 4.02. The van der Waals surface area contributed by atoms with E-state index in [1.807, 2.05) is 6.92 Å². The highest BCUT2D eigenvalue weighted by Crippen LogP contribution is 2.44. The Labute approximate surface area is 114 Å². The van der Waals surface area contributed by atoms with E-state index in [9.17, 15) is 9.59 Å². The highest BCUT2D eigenvalue weighted by molar-refractivity contribution is 5.78. The van der Waals surface area contributed by atoms with Crippen LogP contribution in [0.25, 0.3) is 0 Å². The second-order valence-corrected chi connectivity index (χ2v) is 6.33. The minimum Gasteiger partial charge on any atom is -0.481 e. The summed E-state index contributed by atoms with van der Waals surface area (Å²) in [6.45, 7) is 3.66. The van der Waals surface area contributed by atoms with E-state index in [0.717, 1.165) is 12.3 Å². The average molecular weight is 268 g/mol. The van der Waals surface area contributed by atoms with Crippen LogP contribution in [0.5, 0.6) is 0 Å². The SMILES string of the molecule is CCC(C)(CNC(=O)NC1CC2CCC1C2)C(=O)O. The molecule has 2 fully saturated rings. The average Bonchev–Trinajstić information content (AvgIpc) is 2.97. The van der Waals surface area contributed by atoms with E-state index in [0.29, 0.717) is 12.3 Å². The summed E-state index contributed by atoms with van der Waals surface area (Å²) in [5.74, 6) is 0.554. The van der Waals surface area contributed by atoms with Crippen molar-refractivity contribution >= 4 is 12.0 Å². The topological polar surface area (TPSA) is 78.4 Å². The van der Waals surface area contributed by atoms with Crippen LogP contribution in [0.1, 0.15) is 46.0 Å². The van der Waals surface area contributed by atoms with E-state index in [2.05, 4.69) is 10.6 Å². The first-order valence-corrected chi connectivity index (χ1v) is 7.22. The lowest BCUT2D eigenvalue weighted by Crippen LogP contribution is -2.48. The number of fused-ring (bicyclic) bond motifs is 2. The number of amides is 2. The van der Waals surface area contributed by atoms with Crippen LogP contribution in [0.4, 0.5) is 4.79 Å². The van der Waals surface area contributed by atoms with Gasteiger partial charge in [-0.25, -0.2) is 4.79 Å². The first-order chi connectivity index (χ1) is 8.94. The lowest BCUT2D eigenvalue weighted by atomic mass is 9.88. The number of hydrogen-bond donors (Lipinski definition) is 3. The molecule has 0 heterocycles. The van der Waals surface area contributed by atoms with Gasteiger partial charge in [0.05, 0.1) is 5.41 Å². The van der Waals surface area contributed by atoms with Gasteiger partial charge in [-0.2, -0.15) is 0 Å². The largest absolute Gasteiger partial charge is 0.481 e. The van der Waals surface area contributed by atoms with Gasteiger partial charge in [0, 0.05) is 12.6 Å². The third-order valence-electron chi connectivity index (χ3n) is 4.99. The Morgan fingerprint density at radius 2 is 2.05 bits per heavy atom. The second kappa shape index (κ2) is 5.39. The number of nitrogens with one attached hydrogen (secondary N) is 2. The predicted octanol–water partition coefficient (Wildman–Crippen LogP) is 1.98. The summed E-state index contributed by atoms with van der Waals surface area (Å²) in [5, 5.41) is 14.9. The third-order valence-corrected chi connectivity index (χ3v) is 4.99. The van der Waals surface area contributed by atoms with Crippen LogP contribution in [0.15, 0.2) is 0 Å². The van der Waals surface area contributed by atoms with Gasteiger partial charge >= 0.3 is 12.0 Å². The monoisotopic (exact) mass is 268 g/mol. The molecule has 4 unspecified atom stereocenters. The molecule has 5 nitrogen and oxygen atoms in total. The number of carbonyl (C=O) groups excluding carboxylic acids is 1. The minimum absolute atomic E-state index is 0.172. The summed E-state index contributed by atoms with van der Waals surface area (Å²) in [5.41, 5.74) is -0.883. The molecule has 108 valence electrons. The quantitative estimate of drug-likeness (QED) is 0.713. The molecule has 0 aliphatic heterocycles. The maximum Gasteiger partial charge on any atom is 0.315 e. The van der Waals surface area contributed by atoms with Crippen molar-refractivity contribution in [3.63, 3.8) is 0 Å². The van der Waals surface area contributed by atoms with E-state index in [-0.39, 0.29) is 18.6 Å². The number of urea groups is 1. The van der Waals surface area contributed by atoms with Gasteiger partial charge in [0.25, 0.3) is 0 Å².